The summed E-state index contributed by atoms with van der Waals surface area (Å²) in [4.78, 5) is 14.1. The minimum atomic E-state index is -0.381. The van der Waals surface area contributed by atoms with E-state index in [1.165, 1.54) is 0 Å². The van der Waals surface area contributed by atoms with Gasteiger partial charge in [-0.2, -0.15) is 5.10 Å². The predicted octanol–water partition coefficient (Wildman–Crippen LogP) is 4.01. The molecule has 0 fully saturated rings. The second-order valence-electron chi connectivity index (χ2n) is 6.35. The molecule has 0 saturated carbocycles. The first-order valence-corrected chi connectivity index (χ1v) is 8.65. The second kappa shape index (κ2) is 8.23. The minimum Gasteiger partial charge on any atom is -0.378 e. The third-order valence-corrected chi connectivity index (χ3v) is 4.18. The maximum Gasteiger partial charge on any atom is 0.339 e. The first-order chi connectivity index (χ1) is 13.0. The Morgan fingerprint density at radius 3 is 2.48 bits per heavy atom. The molecule has 1 heterocycles. The van der Waals surface area contributed by atoms with Gasteiger partial charge in [-0.15, -0.1) is 0 Å². The Morgan fingerprint density at radius 1 is 1.04 bits per heavy atom. The maximum absolute atomic E-state index is 12.0. The lowest BCUT2D eigenvalue weighted by Gasteiger charge is -2.13. The van der Waals surface area contributed by atoms with Crippen molar-refractivity contribution in [3.8, 4) is 5.69 Å². The van der Waals surface area contributed by atoms with E-state index in [4.69, 9.17) is 0 Å². The van der Waals surface area contributed by atoms with Gasteiger partial charge in [0.2, 0.25) is 0 Å². The van der Waals surface area contributed by atoms with Crippen LogP contribution in [0.1, 0.15) is 11.3 Å². The number of nitrogens with one attached hydrogen (secondary N) is 2. The molecule has 2 aromatic carbocycles. The number of carbonyl (C=O) groups excluding carboxylic acids is 1. The van der Waals surface area contributed by atoms with Crippen molar-refractivity contribution in [1.82, 2.24) is 9.99 Å². The molecular weight excluding hydrogens is 338 g/mol. The maximum atomic E-state index is 12.0. The predicted molar refractivity (Wildman–Crippen MR) is 111 cm³/mol. The summed E-state index contributed by atoms with van der Waals surface area (Å²) in [6.45, 7) is 1.94. The molecule has 0 aliphatic carbocycles. The molecule has 0 aliphatic heterocycles. The summed E-state index contributed by atoms with van der Waals surface area (Å²) in [5.74, 6) is 0. The van der Waals surface area contributed by atoms with Crippen LogP contribution in [-0.2, 0) is 0 Å². The number of hydrogen-bond donors (Lipinski definition) is 2. The molecule has 27 heavy (non-hydrogen) atoms. The van der Waals surface area contributed by atoms with Gasteiger partial charge in [0.25, 0.3) is 0 Å². The van der Waals surface area contributed by atoms with Crippen LogP contribution in [-0.4, -0.2) is 30.9 Å². The quantitative estimate of drug-likeness (QED) is 0.533. The van der Waals surface area contributed by atoms with Crippen molar-refractivity contribution in [1.29, 1.82) is 0 Å². The first-order valence-electron chi connectivity index (χ1n) is 8.65. The Kier molecular flexibility index (Phi) is 5.56. The van der Waals surface area contributed by atoms with E-state index in [0.717, 1.165) is 28.3 Å². The van der Waals surface area contributed by atoms with Gasteiger partial charge < -0.3 is 14.8 Å². The number of anilines is 2. The summed E-state index contributed by atoms with van der Waals surface area (Å²) in [7, 11) is 4.02. The Hall–Kier alpha value is -3.54. The minimum absolute atomic E-state index is 0.381. The molecule has 1 aromatic heterocycles. The van der Waals surface area contributed by atoms with E-state index in [1.807, 2.05) is 80.3 Å². The number of nitrogens with zero attached hydrogens (tertiary/aromatic N) is 3. The SMILES string of the molecule is Cc1ccccc1NC(=O)N/N=C/c1cccn1-c1ccc(N(C)C)cc1. The van der Waals surface area contributed by atoms with E-state index in [1.54, 1.807) is 6.21 Å². The average molecular weight is 361 g/mol. The van der Waals surface area contributed by atoms with Crippen LogP contribution in [0.15, 0.2) is 72.0 Å². The fraction of sp³-hybridized carbons (Fsp3) is 0.143. The molecule has 0 atom stereocenters. The zero-order valence-corrected chi connectivity index (χ0v) is 15.7. The number of carbonyl (C=O) groups is 1. The summed E-state index contributed by atoms with van der Waals surface area (Å²) < 4.78 is 2.00. The van der Waals surface area contributed by atoms with Gasteiger partial charge in [0.15, 0.2) is 0 Å². The molecule has 0 bridgehead atoms. The highest BCUT2D eigenvalue weighted by molar-refractivity contribution is 5.91. The number of hydrazone groups is 1. The Morgan fingerprint density at radius 2 is 1.78 bits per heavy atom. The van der Waals surface area contributed by atoms with Crippen molar-refractivity contribution in [2.24, 2.45) is 5.10 Å². The number of aryl methyl sites for hydroxylation is 1. The molecule has 2 N–H and O–H groups in total. The molecule has 0 aliphatic rings. The number of hydrogen-bond acceptors (Lipinski definition) is 3. The molecule has 0 saturated heterocycles. The molecule has 0 radical (unpaired) electrons. The standard InChI is InChI=1S/C21H23N5O/c1-16-7-4-5-9-20(16)23-21(27)24-22-15-19-8-6-14-26(19)18-12-10-17(11-13-18)25(2)3/h4-15H,1-3H3,(H2,23,24,27)/b22-15+. The number of para-hydroxylation sites is 1. The van der Waals surface area contributed by atoms with Crippen LogP contribution in [0, 0.1) is 6.92 Å². The van der Waals surface area contributed by atoms with Crippen LogP contribution in [0.2, 0.25) is 0 Å². The first kappa shape index (κ1) is 18.3. The zero-order valence-electron chi connectivity index (χ0n) is 15.7. The zero-order chi connectivity index (χ0) is 19.2. The summed E-state index contributed by atoms with van der Waals surface area (Å²) in [5, 5.41) is 6.83. The van der Waals surface area contributed by atoms with Crippen LogP contribution < -0.4 is 15.6 Å². The summed E-state index contributed by atoms with van der Waals surface area (Å²) in [6, 6.07) is 19.3. The van der Waals surface area contributed by atoms with E-state index in [0.29, 0.717) is 0 Å². The van der Waals surface area contributed by atoms with Gasteiger partial charge in [-0.05, 0) is 55.0 Å². The van der Waals surface area contributed by atoms with Gasteiger partial charge >= 0.3 is 6.03 Å². The number of amides is 2. The Labute approximate surface area is 159 Å². The monoisotopic (exact) mass is 361 g/mol. The third kappa shape index (κ3) is 4.55. The van der Waals surface area contributed by atoms with Gasteiger partial charge in [-0.25, -0.2) is 10.2 Å². The van der Waals surface area contributed by atoms with Crippen LogP contribution in [0.5, 0.6) is 0 Å². The molecular formula is C21H23N5O. The Bertz CT molecular complexity index is 941. The van der Waals surface area contributed by atoms with Gasteiger partial charge in [0.05, 0.1) is 11.9 Å². The van der Waals surface area contributed by atoms with Gasteiger partial charge in [0.1, 0.15) is 0 Å². The summed E-state index contributed by atoms with van der Waals surface area (Å²) in [6.07, 6.45) is 3.58. The summed E-state index contributed by atoms with van der Waals surface area (Å²) in [5.41, 5.74) is 7.27. The Balaban J connectivity index is 1.65. The van der Waals surface area contributed by atoms with Crippen molar-refractivity contribution >= 4 is 23.6 Å². The van der Waals surface area contributed by atoms with Crippen molar-refractivity contribution in [2.45, 2.75) is 6.92 Å². The number of benzene rings is 2. The average Bonchev–Trinajstić information content (AvgIpc) is 3.12. The van der Waals surface area contributed by atoms with Crippen LogP contribution in [0.25, 0.3) is 5.69 Å². The fourth-order valence-corrected chi connectivity index (χ4v) is 2.67. The highest BCUT2D eigenvalue weighted by atomic mass is 16.2. The van der Waals surface area contributed by atoms with Crippen molar-refractivity contribution in [3.05, 3.63) is 78.1 Å². The molecule has 2 amide bonds. The lowest BCUT2D eigenvalue weighted by atomic mass is 10.2. The number of urea groups is 1. The molecule has 6 heteroatoms. The van der Waals surface area contributed by atoms with Crippen LogP contribution >= 0.6 is 0 Å². The molecule has 0 unspecified atom stereocenters. The molecule has 138 valence electrons. The van der Waals surface area contributed by atoms with Gasteiger partial charge in [-0.1, -0.05) is 18.2 Å². The molecule has 6 nitrogen and oxygen atoms in total. The molecule has 3 rings (SSSR count). The normalized spacial score (nSPS) is 10.8. The van der Waals surface area contributed by atoms with Crippen LogP contribution in [0.4, 0.5) is 16.2 Å². The fourth-order valence-electron chi connectivity index (χ4n) is 2.67. The summed E-state index contributed by atoms with van der Waals surface area (Å²) >= 11 is 0. The highest BCUT2D eigenvalue weighted by Crippen LogP contribution is 2.17. The van der Waals surface area contributed by atoms with Crippen molar-refractivity contribution in [2.75, 3.05) is 24.3 Å². The van der Waals surface area contributed by atoms with Gasteiger partial charge in [-0.3, -0.25) is 0 Å². The molecule has 3 aromatic rings. The lowest BCUT2D eigenvalue weighted by molar-refractivity contribution is 0.252. The number of aromatic nitrogens is 1. The highest BCUT2D eigenvalue weighted by Gasteiger charge is 2.04. The third-order valence-electron chi connectivity index (χ3n) is 4.18. The smallest absolute Gasteiger partial charge is 0.339 e. The van der Waals surface area contributed by atoms with Gasteiger partial charge in [0, 0.05) is 37.4 Å². The topological polar surface area (TPSA) is 61.7 Å². The van der Waals surface area contributed by atoms with E-state index in [2.05, 4.69) is 32.9 Å². The van der Waals surface area contributed by atoms with E-state index in [9.17, 15) is 4.79 Å². The largest absolute Gasteiger partial charge is 0.378 e. The number of rotatable bonds is 5. The van der Waals surface area contributed by atoms with E-state index >= 15 is 0 Å². The van der Waals surface area contributed by atoms with E-state index in [-0.39, 0.29) is 6.03 Å². The van der Waals surface area contributed by atoms with Crippen molar-refractivity contribution in [3.63, 3.8) is 0 Å². The molecule has 0 spiro atoms. The van der Waals surface area contributed by atoms with Crippen molar-refractivity contribution < 1.29 is 4.79 Å². The second-order valence-corrected chi connectivity index (χ2v) is 6.35. The van der Waals surface area contributed by atoms with E-state index < -0.39 is 0 Å². The van der Waals surface area contributed by atoms with Crippen LogP contribution in [0.3, 0.4) is 0 Å². The lowest BCUT2D eigenvalue weighted by Crippen LogP contribution is -2.24.